The van der Waals surface area contributed by atoms with Crippen molar-refractivity contribution in [1.29, 1.82) is 0 Å². The molecule has 1 aliphatic carbocycles. The van der Waals surface area contributed by atoms with Crippen molar-refractivity contribution in [3.8, 4) is 11.5 Å². The van der Waals surface area contributed by atoms with Crippen LogP contribution in [0.3, 0.4) is 0 Å². The van der Waals surface area contributed by atoms with Crippen molar-refractivity contribution in [2.24, 2.45) is 0 Å². The Labute approximate surface area is 171 Å². The van der Waals surface area contributed by atoms with Gasteiger partial charge in [0.1, 0.15) is 0 Å². The van der Waals surface area contributed by atoms with Crippen molar-refractivity contribution < 1.29 is 12.8 Å². The van der Waals surface area contributed by atoms with Gasteiger partial charge in [-0.3, -0.25) is 0 Å². The van der Waals surface area contributed by atoms with Crippen molar-refractivity contribution >= 4 is 10.0 Å². The maximum atomic E-state index is 13.4. The highest BCUT2D eigenvalue weighted by Crippen LogP contribution is 2.27. The molecule has 0 bridgehead atoms. The fourth-order valence-corrected chi connectivity index (χ4v) is 5.34. The quantitative estimate of drug-likeness (QED) is 0.607. The summed E-state index contributed by atoms with van der Waals surface area (Å²) in [6, 6.07) is 14.7. The van der Waals surface area contributed by atoms with E-state index in [9.17, 15) is 8.42 Å². The molecule has 4 rings (SSSR count). The lowest BCUT2D eigenvalue weighted by atomic mass is 9.92. The van der Waals surface area contributed by atoms with E-state index in [0.29, 0.717) is 10.8 Å². The summed E-state index contributed by atoms with van der Waals surface area (Å²) in [4.78, 5) is 0.328. The second-order valence-electron chi connectivity index (χ2n) is 7.65. The van der Waals surface area contributed by atoms with Crippen LogP contribution in [0.15, 0.2) is 57.8 Å². The van der Waals surface area contributed by atoms with Gasteiger partial charge in [0.15, 0.2) is 0 Å². The molecule has 152 valence electrons. The molecule has 2 aromatic carbocycles. The van der Waals surface area contributed by atoms with Gasteiger partial charge in [0, 0.05) is 11.6 Å². The summed E-state index contributed by atoms with van der Waals surface area (Å²) in [5.41, 5.74) is 3.21. The van der Waals surface area contributed by atoms with E-state index in [1.54, 1.807) is 6.07 Å². The molecule has 3 aromatic rings. The van der Waals surface area contributed by atoms with Crippen LogP contribution in [0.25, 0.3) is 11.5 Å². The summed E-state index contributed by atoms with van der Waals surface area (Å²) in [5, 5.41) is 8.14. The Morgan fingerprint density at radius 2 is 1.72 bits per heavy atom. The van der Waals surface area contributed by atoms with Crippen molar-refractivity contribution in [2.45, 2.75) is 57.0 Å². The van der Waals surface area contributed by atoms with Gasteiger partial charge >= 0.3 is 0 Å². The predicted octanol–water partition coefficient (Wildman–Crippen LogP) is 4.21. The Bertz CT molecular complexity index is 1090. The maximum absolute atomic E-state index is 13.4. The Morgan fingerprint density at radius 1 is 1.00 bits per heavy atom. The zero-order valence-electron chi connectivity index (χ0n) is 16.7. The summed E-state index contributed by atoms with van der Waals surface area (Å²) < 4.78 is 33.9. The highest BCUT2D eigenvalue weighted by atomic mass is 32.2. The van der Waals surface area contributed by atoms with Crippen LogP contribution in [0.4, 0.5) is 0 Å². The molecule has 0 saturated heterocycles. The van der Waals surface area contributed by atoms with Crippen LogP contribution in [0.2, 0.25) is 0 Å². The zero-order chi connectivity index (χ0) is 20.4. The van der Waals surface area contributed by atoms with E-state index < -0.39 is 10.0 Å². The van der Waals surface area contributed by atoms with Crippen LogP contribution >= 0.6 is 0 Å². The number of rotatable bonds is 6. The van der Waals surface area contributed by atoms with E-state index in [0.717, 1.165) is 36.8 Å². The van der Waals surface area contributed by atoms with Crippen LogP contribution in [0.5, 0.6) is 0 Å². The van der Waals surface area contributed by atoms with Crippen LogP contribution < -0.4 is 0 Å². The average Bonchev–Trinajstić information content (AvgIpc) is 3.21. The third kappa shape index (κ3) is 4.11. The largest absolute Gasteiger partial charge is 0.419 e. The average molecular weight is 412 g/mol. The van der Waals surface area contributed by atoms with Crippen molar-refractivity contribution in [2.75, 3.05) is 0 Å². The number of aryl methyl sites for hydroxylation is 2. The van der Waals surface area contributed by atoms with Gasteiger partial charge < -0.3 is 4.42 Å². The molecule has 0 N–H and O–H groups in total. The lowest BCUT2D eigenvalue weighted by Gasteiger charge is -2.25. The monoisotopic (exact) mass is 411 g/mol. The molecule has 0 saturated carbocycles. The van der Waals surface area contributed by atoms with E-state index in [-0.39, 0.29) is 18.5 Å². The number of hydrogen-bond acceptors (Lipinski definition) is 5. The number of hydrogen-bond donors (Lipinski definition) is 0. The van der Waals surface area contributed by atoms with Crippen molar-refractivity contribution in [3.63, 3.8) is 0 Å². The number of fused-ring (bicyclic) bond motifs is 1. The summed E-state index contributed by atoms with van der Waals surface area (Å²) >= 11 is 0. The second-order valence-corrected chi connectivity index (χ2v) is 9.54. The van der Waals surface area contributed by atoms with E-state index >= 15 is 0 Å². The molecular weight excluding hydrogens is 386 g/mol. The first-order valence-corrected chi connectivity index (χ1v) is 11.4. The molecule has 0 unspecified atom stereocenters. The molecule has 0 amide bonds. The lowest BCUT2D eigenvalue weighted by Crippen LogP contribution is -2.36. The molecular formula is C22H25N3O3S. The van der Waals surface area contributed by atoms with E-state index in [1.807, 2.05) is 56.3 Å². The van der Waals surface area contributed by atoms with Crippen LogP contribution in [0, 0.1) is 0 Å². The van der Waals surface area contributed by atoms with Gasteiger partial charge in [0.2, 0.25) is 21.8 Å². The molecule has 1 aromatic heterocycles. The molecule has 0 radical (unpaired) electrons. The van der Waals surface area contributed by atoms with Gasteiger partial charge in [-0.2, -0.15) is 4.31 Å². The Kier molecular flexibility index (Phi) is 5.52. The second kappa shape index (κ2) is 8.08. The summed E-state index contributed by atoms with van der Waals surface area (Å²) in [5.74, 6) is 0.662. The highest BCUT2D eigenvalue weighted by molar-refractivity contribution is 7.89. The van der Waals surface area contributed by atoms with Crippen molar-refractivity contribution in [1.82, 2.24) is 14.5 Å². The normalized spacial score (nSPS) is 14.3. The fourth-order valence-electron chi connectivity index (χ4n) is 3.70. The number of sulfonamides is 1. The minimum Gasteiger partial charge on any atom is -0.419 e. The first kappa shape index (κ1) is 19.8. The lowest BCUT2D eigenvalue weighted by molar-refractivity contribution is 0.313. The summed E-state index contributed by atoms with van der Waals surface area (Å²) in [6.45, 7) is 3.74. The van der Waals surface area contributed by atoms with Crippen LogP contribution in [-0.2, 0) is 29.4 Å². The SMILES string of the molecule is CC(C)N(Cc1nnc(-c2ccccc2)o1)S(=O)(=O)c1ccc2c(c1)CCCC2. The molecule has 0 fully saturated rings. The molecule has 1 aliphatic rings. The number of benzene rings is 2. The fraction of sp³-hybridized carbons (Fsp3) is 0.364. The van der Waals surface area contributed by atoms with Crippen molar-refractivity contribution in [3.05, 3.63) is 65.5 Å². The molecule has 0 aliphatic heterocycles. The zero-order valence-corrected chi connectivity index (χ0v) is 17.5. The standard InChI is InChI=1S/C22H25N3O3S/c1-16(2)25(15-21-23-24-22(28-21)18-9-4-3-5-10-18)29(26,27)20-13-12-17-8-6-7-11-19(17)14-20/h3-5,9-10,12-14,16H,6-8,11,15H2,1-2H3. The minimum absolute atomic E-state index is 0.0386. The van der Waals surface area contributed by atoms with E-state index in [4.69, 9.17) is 4.42 Å². The third-order valence-electron chi connectivity index (χ3n) is 5.28. The van der Waals surface area contributed by atoms with Gasteiger partial charge in [0.05, 0.1) is 11.4 Å². The smallest absolute Gasteiger partial charge is 0.247 e. The minimum atomic E-state index is -3.68. The first-order valence-electron chi connectivity index (χ1n) is 9.96. The van der Waals surface area contributed by atoms with Gasteiger partial charge in [0.25, 0.3) is 0 Å². The highest BCUT2D eigenvalue weighted by Gasteiger charge is 2.30. The van der Waals surface area contributed by atoms with Gasteiger partial charge in [-0.1, -0.05) is 24.3 Å². The van der Waals surface area contributed by atoms with Crippen LogP contribution in [-0.4, -0.2) is 29.0 Å². The number of aromatic nitrogens is 2. The first-order chi connectivity index (χ1) is 13.9. The molecule has 6 nitrogen and oxygen atoms in total. The molecule has 29 heavy (non-hydrogen) atoms. The summed E-state index contributed by atoms with van der Waals surface area (Å²) in [6.07, 6.45) is 4.23. The Morgan fingerprint density at radius 3 is 2.45 bits per heavy atom. The molecule has 0 atom stereocenters. The maximum Gasteiger partial charge on any atom is 0.247 e. The predicted molar refractivity (Wildman–Crippen MR) is 111 cm³/mol. The molecule has 1 heterocycles. The Balaban J connectivity index is 1.61. The van der Waals surface area contributed by atoms with E-state index in [2.05, 4.69) is 10.2 Å². The number of nitrogens with zero attached hydrogens (tertiary/aromatic N) is 3. The van der Waals surface area contributed by atoms with Gasteiger partial charge in [-0.05, 0) is 74.9 Å². The van der Waals surface area contributed by atoms with Gasteiger partial charge in [-0.25, -0.2) is 8.42 Å². The van der Waals surface area contributed by atoms with E-state index in [1.165, 1.54) is 9.87 Å². The summed E-state index contributed by atoms with van der Waals surface area (Å²) in [7, 11) is -3.68. The van der Waals surface area contributed by atoms with Crippen LogP contribution in [0.1, 0.15) is 43.7 Å². The Hall–Kier alpha value is -2.51. The molecule has 7 heteroatoms. The topological polar surface area (TPSA) is 76.3 Å². The molecule has 0 spiro atoms. The third-order valence-corrected chi connectivity index (χ3v) is 7.30. The van der Waals surface area contributed by atoms with Gasteiger partial charge in [-0.15, -0.1) is 10.2 Å².